The minimum absolute atomic E-state index is 0.152. The molecule has 1 atom stereocenters. The Hall–Kier alpha value is -1.22. The summed E-state index contributed by atoms with van der Waals surface area (Å²) in [6, 6.07) is 7.34. The van der Waals surface area contributed by atoms with E-state index in [2.05, 4.69) is 12.2 Å². The summed E-state index contributed by atoms with van der Waals surface area (Å²) in [5.74, 6) is 0.652. The minimum Gasteiger partial charge on any atom is -0.494 e. The molecule has 0 spiro atoms. The van der Waals surface area contributed by atoms with Crippen LogP contribution < -0.4 is 10.1 Å². The van der Waals surface area contributed by atoms with Gasteiger partial charge in [-0.1, -0.05) is 26.0 Å². The Morgan fingerprint density at radius 3 is 2.50 bits per heavy atom. The number of benzene rings is 1. The second-order valence-electron chi connectivity index (χ2n) is 4.07. The summed E-state index contributed by atoms with van der Waals surface area (Å²) >= 11 is 6.10. The third kappa shape index (κ3) is 4.57. The highest BCUT2D eigenvalue weighted by atomic mass is 35.5. The third-order valence-electron chi connectivity index (χ3n) is 2.43. The van der Waals surface area contributed by atoms with Crippen LogP contribution >= 0.6 is 11.6 Å². The largest absolute Gasteiger partial charge is 0.494 e. The van der Waals surface area contributed by atoms with Gasteiger partial charge in [0.25, 0.3) is 0 Å². The van der Waals surface area contributed by atoms with Crippen LogP contribution in [0.15, 0.2) is 24.3 Å². The SMILES string of the molecule is CCCNC(=O)C(Cl)c1ccc(OCCC)cc1. The number of ether oxygens (including phenoxy) is 1. The lowest BCUT2D eigenvalue weighted by Crippen LogP contribution is -2.27. The standard InChI is InChI=1S/C14H20ClNO2/c1-3-9-16-14(17)13(15)11-5-7-12(8-6-11)18-10-4-2/h5-8,13H,3-4,9-10H2,1-2H3,(H,16,17). The van der Waals surface area contributed by atoms with Gasteiger partial charge in [-0.15, -0.1) is 11.6 Å². The Morgan fingerprint density at radius 2 is 1.94 bits per heavy atom. The van der Waals surface area contributed by atoms with Crippen molar-refractivity contribution in [3.05, 3.63) is 29.8 Å². The number of carbonyl (C=O) groups is 1. The number of halogens is 1. The Labute approximate surface area is 113 Å². The fourth-order valence-corrected chi connectivity index (χ4v) is 1.66. The second-order valence-corrected chi connectivity index (χ2v) is 4.51. The van der Waals surface area contributed by atoms with Crippen molar-refractivity contribution >= 4 is 17.5 Å². The van der Waals surface area contributed by atoms with Gasteiger partial charge in [-0.3, -0.25) is 4.79 Å². The van der Waals surface area contributed by atoms with E-state index in [9.17, 15) is 4.79 Å². The van der Waals surface area contributed by atoms with Crippen LogP contribution in [0, 0.1) is 0 Å². The van der Waals surface area contributed by atoms with Gasteiger partial charge in [0.05, 0.1) is 6.61 Å². The van der Waals surface area contributed by atoms with Crippen LogP contribution in [0.4, 0.5) is 0 Å². The molecule has 100 valence electrons. The summed E-state index contributed by atoms with van der Waals surface area (Å²) in [6.45, 7) is 5.41. The lowest BCUT2D eigenvalue weighted by atomic mass is 10.1. The second kappa shape index (κ2) is 7.98. The quantitative estimate of drug-likeness (QED) is 0.772. The molecular weight excluding hydrogens is 250 g/mol. The number of alkyl halides is 1. The van der Waals surface area contributed by atoms with Crippen LogP contribution in [0.25, 0.3) is 0 Å². The first-order chi connectivity index (χ1) is 8.69. The summed E-state index contributed by atoms with van der Waals surface area (Å²) in [7, 11) is 0. The van der Waals surface area contributed by atoms with Crippen molar-refractivity contribution < 1.29 is 9.53 Å². The molecule has 18 heavy (non-hydrogen) atoms. The van der Waals surface area contributed by atoms with E-state index in [1.165, 1.54) is 0 Å². The maximum Gasteiger partial charge on any atom is 0.242 e. The summed E-state index contributed by atoms with van der Waals surface area (Å²) in [6.07, 6.45) is 1.87. The Kier molecular flexibility index (Phi) is 6.58. The van der Waals surface area contributed by atoms with Crippen molar-refractivity contribution in [1.29, 1.82) is 0 Å². The van der Waals surface area contributed by atoms with Crippen molar-refractivity contribution in [2.45, 2.75) is 32.1 Å². The normalized spacial score (nSPS) is 11.9. The molecule has 1 N–H and O–H groups in total. The lowest BCUT2D eigenvalue weighted by Gasteiger charge is -2.11. The zero-order valence-corrected chi connectivity index (χ0v) is 11.7. The fraction of sp³-hybridized carbons (Fsp3) is 0.500. The van der Waals surface area contributed by atoms with Gasteiger partial charge in [-0.05, 0) is 30.5 Å². The van der Waals surface area contributed by atoms with E-state index in [0.29, 0.717) is 13.2 Å². The molecular formula is C14H20ClNO2. The van der Waals surface area contributed by atoms with E-state index in [0.717, 1.165) is 24.2 Å². The highest BCUT2D eigenvalue weighted by molar-refractivity contribution is 6.30. The number of nitrogens with one attached hydrogen (secondary N) is 1. The Balaban J connectivity index is 2.58. The number of carbonyl (C=O) groups excluding carboxylic acids is 1. The fourth-order valence-electron chi connectivity index (χ4n) is 1.44. The molecule has 0 aliphatic carbocycles. The molecule has 0 fully saturated rings. The molecule has 0 aliphatic rings. The molecule has 1 aromatic carbocycles. The van der Waals surface area contributed by atoms with E-state index in [4.69, 9.17) is 16.3 Å². The van der Waals surface area contributed by atoms with Gasteiger partial charge in [0.2, 0.25) is 5.91 Å². The van der Waals surface area contributed by atoms with Crippen LogP contribution in [0.5, 0.6) is 5.75 Å². The average molecular weight is 270 g/mol. The molecule has 0 bridgehead atoms. The molecule has 1 unspecified atom stereocenters. The maximum atomic E-state index is 11.7. The average Bonchev–Trinajstić information content (AvgIpc) is 2.42. The zero-order valence-electron chi connectivity index (χ0n) is 10.9. The molecule has 0 saturated carbocycles. The first-order valence-corrected chi connectivity index (χ1v) is 6.77. The molecule has 0 radical (unpaired) electrons. The molecule has 1 aromatic rings. The summed E-state index contributed by atoms with van der Waals surface area (Å²) in [4.78, 5) is 11.7. The van der Waals surface area contributed by atoms with Crippen LogP contribution in [-0.4, -0.2) is 19.1 Å². The van der Waals surface area contributed by atoms with Gasteiger partial charge in [0.15, 0.2) is 0 Å². The van der Waals surface area contributed by atoms with Gasteiger partial charge in [-0.2, -0.15) is 0 Å². The molecule has 0 aliphatic heterocycles. The predicted octanol–water partition coefficient (Wildman–Crippen LogP) is 3.28. The molecule has 3 nitrogen and oxygen atoms in total. The highest BCUT2D eigenvalue weighted by Crippen LogP contribution is 2.23. The van der Waals surface area contributed by atoms with Crippen LogP contribution in [0.2, 0.25) is 0 Å². The highest BCUT2D eigenvalue weighted by Gasteiger charge is 2.16. The van der Waals surface area contributed by atoms with E-state index >= 15 is 0 Å². The third-order valence-corrected chi connectivity index (χ3v) is 2.88. The predicted molar refractivity (Wildman–Crippen MR) is 74.1 cm³/mol. The van der Waals surface area contributed by atoms with E-state index in [-0.39, 0.29) is 5.91 Å². The van der Waals surface area contributed by atoms with E-state index < -0.39 is 5.38 Å². The van der Waals surface area contributed by atoms with E-state index in [1.54, 1.807) is 0 Å². The van der Waals surface area contributed by atoms with Crippen molar-refractivity contribution in [1.82, 2.24) is 5.32 Å². The Morgan fingerprint density at radius 1 is 1.28 bits per heavy atom. The van der Waals surface area contributed by atoms with Crippen molar-refractivity contribution in [3.63, 3.8) is 0 Å². The topological polar surface area (TPSA) is 38.3 Å². The number of amides is 1. The lowest BCUT2D eigenvalue weighted by molar-refractivity contribution is -0.120. The zero-order chi connectivity index (χ0) is 13.4. The molecule has 0 heterocycles. The number of hydrogen-bond acceptors (Lipinski definition) is 2. The van der Waals surface area contributed by atoms with Crippen LogP contribution in [0.3, 0.4) is 0 Å². The summed E-state index contributed by atoms with van der Waals surface area (Å²) in [5, 5.41) is 2.14. The minimum atomic E-state index is -0.642. The van der Waals surface area contributed by atoms with Gasteiger partial charge in [0, 0.05) is 6.54 Å². The van der Waals surface area contributed by atoms with Crippen LogP contribution in [0.1, 0.15) is 37.6 Å². The van der Waals surface area contributed by atoms with Gasteiger partial charge in [-0.25, -0.2) is 0 Å². The summed E-state index contributed by atoms with van der Waals surface area (Å²) in [5.41, 5.74) is 0.786. The van der Waals surface area contributed by atoms with Crippen molar-refractivity contribution in [2.24, 2.45) is 0 Å². The molecule has 1 amide bonds. The maximum absolute atomic E-state index is 11.7. The molecule has 0 saturated heterocycles. The van der Waals surface area contributed by atoms with Gasteiger partial charge < -0.3 is 10.1 Å². The van der Waals surface area contributed by atoms with E-state index in [1.807, 2.05) is 31.2 Å². The molecule has 4 heteroatoms. The van der Waals surface area contributed by atoms with Crippen molar-refractivity contribution in [2.75, 3.05) is 13.2 Å². The van der Waals surface area contributed by atoms with Crippen molar-refractivity contribution in [3.8, 4) is 5.75 Å². The smallest absolute Gasteiger partial charge is 0.242 e. The molecule has 1 rings (SSSR count). The van der Waals surface area contributed by atoms with Gasteiger partial charge in [0.1, 0.15) is 11.1 Å². The first-order valence-electron chi connectivity index (χ1n) is 6.33. The Bertz CT molecular complexity index is 365. The summed E-state index contributed by atoms with van der Waals surface area (Å²) < 4.78 is 5.47. The number of rotatable bonds is 7. The van der Waals surface area contributed by atoms with Crippen LogP contribution in [-0.2, 0) is 4.79 Å². The van der Waals surface area contributed by atoms with Gasteiger partial charge >= 0.3 is 0 Å². The first kappa shape index (κ1) is 14.8. The molecule has 0 aromatic heterocycles. The monoisotopic (exact) mass is 269 g/mol. The number of hydrogen-bond donors (Lipinski definition) is 1.